The molecule has 0 aromatic heterocycles. The predicted molar refractivity (Wildman–Crippen MR) is 39.3 cm³/mol. The molecule has 0 rings (SSSR count). The molecule has 0 amide bonds. The van der Waals surface area contributed by atoms with Gasteiger partial charge in [0.25, 0.3) is 0 Å². The Kier molecular flexibility index (Phi) is 3.52. The SMILES string of the molecule is CC(=O)C[C@@H](C)C(C)C. The maximum absolute atomic E-state index is 10.6. The Morgan fingerprint density at radius 3 is 1.89 bits per heavy atom. The van der Waals surface area contributed by atoms with E-state index in [1.54, 1.807) is 6.92 Å². The molecular formula is C8H16O. The van der Waals surface area contributed by atoms with E-state index in [0.717, 1.165) is 6.42 Å². The van der Waals surface area contributed by atoms with Crippen LogP contribution in [0.4, 0.5) is 0 Å². The van der Waals surface area contributed by atoms with Gasteiger partial charge in [-0.25, -0.2) is 0 Å². The highest BCUT2D eigenvalue weighted by Crippen LogP contribution is 2.13. The summed E-state index contributed by atoms with van der Waals surface area (Å²) in [5.41, 5.74) is 0. The summed E-state index contributed by atoms with van der Waals surface area (Å²) in [7, 11) is 0. The molecule has 0 radical (unpaired) electrons. The lowest BCUT2D eigenvalue weighted by molar-refractivity contribution is -0.118. The zero-order chi connectivity index (χ0) is 7.44. The summed E-state index contributed by atoms with van der Waals surface area (Å²) < 4.78 is 0. The van der Waals surface area contributed by atoms with E-state index in [4.69, 9.17) is 0 Å². The Morgan fingerprint density at radius 1 is 1.33 bits per heavy atom. The van der Waals surface area contributed by atoms with Gasteiger partial charge < -0.3 is 4.79 Å². The lowest BCUT2D eigenvalue weighted by atomic mass is 9.93. The van der Waals surface area contributed by atoms with Crippen LogP contribution in [-0.2, 0) is 4.79 Å². The van der Waals surface area contributed by atoms with Crippen molar-refractivity contribution in [1.82, 2.24) is 0 Å². The highest BCUT2D eigenvalue weighted by Gasteiger charge is 2.08. The molecule has 0 aliphatic carbocycles. The summed E-state index contributed by atoms with van der Waals surface area (Å²) in [5, 5.41) is 0. The van der Waals surface area contributed by atoms with E-state index in [2.05, 4.69) is 20.8 Å². The van der Waals surface area contributed by atoms with Gasteiger partial charge in [0.15, 0.2) is 0 Å². The molecule has 1 nitrogen and oxygen atoms in total. The second kappa shape index (κ2) is 3.65. The highest BCUT2D eigenvalue weighted by atomic mass is 16.1. The van der Waals surface area contributed by atoms with Gasteiger partial charge in [-0.05, 0) is 18.8 Å². The number of carbonyl (C=O) groups excluding carboxylic acids is 1. The van der Waals surface area contributed by atoms with Gasteiger partial charge in [-0.1, -0.05) is 20.8 Å². The largest absolute Gasteiger partial charge is 0.300 e. The van der Waals surface area contributed by atoms with Gasteiger partial charge in [-0.15, -0.1) is 0 Å². The van der Waals surface area contributed by atoms with E-state index in [-0.39, 0.29) is 0 Å². The summed E-state index contributed by atoms with van der Waals surface area (Å²) in [6, 6.07) is 0. The monoisotopic (exact) mass is 128 g/mol. The van der Waals surface area contributed by atoms with Crippen molar-refractivity contribution in [2.75, 3.05) is 0 Å². The van der Waals surface area contributed by atoms with Crippen LogP contribution >= 0.6 is 0 Å². The van der Waals surface area contributed by atoms with Crippen molar-refractivity contribution in [3.05, 3.63) is 0 Å². The molecule has 0 aliphatic heterocycles. The number of hydrogen-bond donors (Lipinski definition) is 0. The minimum absolute atomic E-state index is 0.302. The number of rotatable bonds is 3. The van der Waals surface area contributed by atoms with Gasteiger partial charge >= 0.3 is 0 Å². The minimum atomic E-state index is 0.302. The normalized spacial score (nSPS) is 13.9. The third kappa shape index (κ3) is 4.19. The van der Waals surface area contributed by atoms with Crippen molar-refractivity contribution in [1.29, 1.82) is 0 Å². The Balaban J connectivity index is 3.50. The van der Waals surface area contributed by atoms with Crippen LogP contribution in [0.1, 0.15) is 34.1 Å². The average Bonchev–Trinajstić information content (AvgIpc) is 1.63. The molecule has 0 unspecified atom stereocenters. The zero-order valence-electron chi connectivity index (χ0n) is 6.77. The molecule has 0 heterocycles. The summed E-state index contributed by atoms with van der Waals surface area (Å²) in [4.78, 5) is 10.6. The van der Waals surface area contributed by atoms with Crippen LogP contribution in [0.25, 0.3) is 0 Å². The van der Waals surface area contributed by atoms with Crippen LogP contribution in [-0.4, -0.2) is 5.78 Å². The maximum atomic E-state index is 10.6. The molecular weight excluding hydrogens is 112 g/mol. The van der Waals surface area contributed by atoms with Gasteiger partial charge in [-0.3, -0.25) is 0 Å². The molecule has 0 fully saturated rings. The van der Waals surface area contributed by atoms with Crippen molar-refractivity contribution in [2.24, 2.45) is 11.8 Å². The third-order valence-electron chi connectivity index (χ3n) is 1.75. The van der Waals surface area contributed by atoms with E-state index < -0.39 is 0 Å². The molecule has 0 aromatic carbocycles. The lowest BCUT2D eigenvalue weighted by Gasteiger charge is -2.12. The second-order valence-corrected chi connectivity index (χ2v) is 3.13. The number of Topliss-reactive ketones (excluding diaryl/α,β-unsaturated/α-hetero) is 1. The Hall–Kier alpha value is -0.330. The first-order valence-electron chi connectivity index (χ1n) is 3.53. The van der Waals surface area contributed by atoms with Crippen LogP contribution in [0, 0.1) is 11.8 Å². The Labute approximate surface area is 57.5 Å². The summed E-state index contributed by atoms with van der Waals surface area (Å²) in [6.07, 6.45) is 0.734. The third-order valence-corrected chi connectivity index (χ3v) is 1.75. The maximum Gasteiger partial charge on any atom is 0.130 e. The lowest BCUT2D eigenvalue weighted by Crippen LogP contribution is -2.07. The quantitative estimate of drug-likeness (QED) is 0.569. The number of carbonyl (C=O) groups is 1. The molecule has 0 bridgehead atoms. The van der Waals surface area contributed by atoms with E-state index in [0.29, 0.717) is 17.6 Å². The van der Waals surface area contributed by atoms with E-state index in [1.165, 1.54) is 0 Å². The minimum Gasteiger partial charge on any atom is -0.300 e. The molecule has 0 aliphatic rings. The fourth-order valence-corrected chi connectivity index (χ4v) is 0.689. The van der Waals surface area contributed by atoms with Crippen molar-refractivity contribution < 1.29 is 4.79 Å². The Morgan fingerprint density at radius 2 is 1.78 bits per heavy atom. The smallest absolute Gasteiger partial charge is 0.130 e. The van der Waals surface area contributed by atoms with E-state index in [1.807, 2.05) is 0 Å². The van der Waals surface area contributed by atoms with Crippen molar-refractivity contribution >= 4 is 5.78 Å². The first-order chi connectivity index (χ1) is 4.04. The topological polar surface area (TPSA) is 17.1 Å². The van der Waals surface area contributed by atoms with E-state index in [9.17, 15) is 4.79 Å². The fraction of sp³-hybridized carbons (Fsp3) is 0.875. The molecule has 1 atom stereocenters. The van der Waals surface area contributed by atoms with Gasteiger partial charge in [0, 0.05) is 6.42 Å². The molecule has 0 aromatic rings. The van der Waals surface area contributed by atoms with Crippen molar-refractivity contribution in [3.63, 3.8) is 0 Å². The average molecular weight is 128 g/mol. The first-order valence-corrected chi connectivity index (χ1v) is 3.53. The predicted octanol–water partition coefficient (Wildman–Crippen LogP) is 2.26. The summed E-state index contributed by atoms with van der Waals surface area (Å²) >= 11 is 0. The van der Waals surface area contributed by atoms with Gasteiger partial charge in [0.2, 0.25) is 0 Å². The molecule has 0 saturated carbocycles. The van der Waals surface area contributed by atoms with Crippen molar-refractivity contribution in [2.45, 2.75) is 34.1 Å². The Bertz CT molecular complexity index is 94.7. The highest BCUT2D eigenvalue weighted by molar-refractivity contribution is 5.75. The van der Waals surface area contributed by atoms with Gasteiger partial charge in [0.1, 0.15) is 5.78 Å². The number of ketones is 1. The molecule has 0 N–H and O–H groups in total. The second-order valence-electron chi connectivity index (χ2n) is 3.13. The van der Waals surface area contributed by atoms with Gasteiger partial charge in [0.05, 0.1) is 0 Å². The molecule has 0 spiro atoms. The van der Waals surface area contributed by atoms with Crippen LogP contribution in [0.3, 0.4) is 0 Å². The van der Waals surface area contributed by atoms with Crippen LogP contribution in [0.5, 0.6) is 0 Å². The fourth-order valence-electron chi connectivity index (χ4n) is 0.689. The molecule has 54 valence electrons. The summed E-state index contributed by atoms with van der Waals surface area (Å²) in [5.74, 6) is 1.48. The number of hydrogen-bond acceptors (Lipinski definition) is 1. The first kappa shape index (κ1) is 8.67. The summed E-state index contributed by atoms with van der Waals surface area (Å²) in [6.45, 7) is 8.06. The molecule has 9 heavy (non-hydrogen) atoms. The molecule has 0 saturated heterocycles. The van der Waals surface area contributed by atoms with E-state index >= 15 is 0 Å². The van der Waals surface area contributed by atoms with Crippen molar-refractivity contribution in [3.8, 4) is 0 Å². The zero-order valence-corrected chi connectivity index (χ0v) is 6.77. The van der Waals surface area contributed by atoms with Crippen LogP contribution in [0.2, 0.25) is 0 Å². The van der Waals surface area contributed by atoms with Gasteiger partial charge in [-0.2, -0.15) is 0 Å². The molecule has 1 heteroatoms. The van der Waals surface area contributed by atoms with Crippen LogP contribution in [0.15, 0.2) is 0 Å². The van der Waals surface area contributed by atoms with Crippen LogP contribution < -0.4 is 0 Å². The standard InChI is InChI=1S/C8H16O/c1-6(2)7(3)5-8(4)9/h6-7H,5H2,1-4H3/t7-/m1/s1.